The summed E-state index contributed by atoms with van der Waals surface area (Å²) in [6.07, 6.45) is 7.89. The number of aromatic nitrogens is 1. The third kappa shape index (κ3) is 2.61. The van der Waals surface area contributed by atoms with Crippen LogP contribution in [0.15, 0.2) is 23.3 Å². The van der Waals surface area contributed by atoms with Gasteiger partial charge in [0.1, 0.15) is 0 Å². The Morgan fingerprint density at radius 3 is 2.67 bits per heavy atom. The predicted octanol–water partition coefficient (Wildman–Crippen LogP) is 2.27. The van der Waals surface area contributed by atoms with Crippen molar-refractivity contribution in [3.63, 3.8) is 0 Å². The molecule has 82 valence electrons. The number of hydrogen-bond acceptors (Lipinski definition) is 2. The van der Waals surface area contributed by atoms with Crippen LogP contribution in [-0.2, 0) is 0 Å². The van der Waals surface area contributed by atoms with E-state index >= 15 is 0 Å². The van der Waals surface area contributed by atoms with Crippen LogP contribution in [0.25, 0.3) is 0 Å². The predicted molar refractivity (Wildman–Crippen MR) is 58.8 cm³/mol. The Hall–Kier alpha value is -1.25. The number of nitrogens with zero attached hydrogens (tertiary/aromatic N) is 2. The summed E-state index contributed by atoms with van der Waals surface area (Å²) in [5, 5.41) is 9.64. The number of aryl methyl sites for hydroxylation is 1. The minimum absolute atomic E-state index is 0.403. The van der Waals surface area contributed by atoms with E-state index in [2.05, 4.69) is 4.99 Å². The average molecular weight is 206 g/mol. The molecule has 0 amide bonds. The van der Waals surface area contributed by atoms with Crippen LogP contribution in [0, 0.1) is 6.92 Å². The lowest BCUT2D eigenvalue weighted by Gasteiger charge is -2.17. The van der Waals surface area contributed by atoms with Crippen molar-refractivity contribution in [1.29, 1.82) is 0 Å². The van der Waals surface area contributed by atoms with Crippen molar-refractivity contribution in [3.05, 3.63) is 29.4 Å². The summed E-state index contributed by atoms with van der Waals surface area (Å²) in [5.74, 6) is 0. The van der Waals surface area contributed by atoms with E-state index in [4.69, 9.17) is 0 Å². The van der Waals surface area contributed by atoms with Crippen molar-refractivity contribution < 1.29 is 5.21 Å². The van der Waals surface area contributed by atoms with Crippen molar-refractivity contribution in [3.8, 4) is 0 Å². The smallest absolute Gasteiger partial charge is 0.163 e. The second-order valence-electron chi connectivity index (χ2n) is 4.33. The Morgan fingerprint density at radius 2 is 2.00 bits per heavy atom. The first-order valence-electron chi connectivity index (χ1n) is 5.68. The van der Waals surface area contributed by atoms with E-state index < -0.39 is 0 Å². The molecule has 0 radical (unpaired) electrons. The van der Waals surface area contributed by atoms with Gasteiger partial charge < -0.3 is 5.21 Å². The van der Waals surface area contributed by atoms with Crippen LogP contribution < -0.4 is 5.49 Å². The van der Waals surface area contributed by atoms with Gasteiger partial charge in [-0.1, -0.05) is 25.3 Å². The third-order valence-electron chi connectivity index (χ3n) is 2.95. The molecule has 1 aromatic heterocycles. The van der Waals surface area contributed by atoms with E-state index in [0.717, 1.165) is 23.1 Å². The fourth-order valence-electron chi connectivity index (χ4n) is 2.08. The lowest BCUT2D eigenvalue weighted by atomic mass is 9.96. The molecule has 3 nitrogen and oxygen atoms in total. The maximum atomic E-state index is 9.64. The topological polar surface area (TPSA) is 37.5 Å². The molecule has 1 aromatic rings. The molecule has 3 heteroatoms. The summed E-state index contributed by atoms with van der Waals surface area (Å²) in [7, 11) is 0. The van der Waals surface area contributed by atoms with Crippen LogP contribution in [0.4, 0.5) is 0 Å². The third-order valence-corrected chi connectivity index (χ3v) is 2.95. The van der Waals surface area contributed by atoms with Crippen molar-refractivity contribution in [2.75, 3.05) is 0 Å². The number of rotatable bonds is 1. The summed E-state index contributed by atoms with van der Waals surface area (Å²) in [4.78, 5) is 4.57. The molecule has 1 fully saturated rings. The van der Waals surface area contributed by atoms with E-state index in [1.54, 1.807) is 6.20 Å². The summed E-state index contributed by atoms with van der Waals surface area (Å²) in [6, 6.07) is 4.26. The lowest BCUT2D eigenvalue weighted by Crippen LogP contribution is -2.22. The Kier molecular flexibility index (Phi) is 3.09. The molecule has 0 aromatic carbocycles. The highest BCUT2D eigenvalue weighted by Gasteiger charge is 2.11. The zero-order valence-electron chi connectivity index (χ0n) is 9.19. The first kappa shape index (κ1) is 10.3. The van der Waals surface area contributed by atoms with Gasteiger partial charge in [-0.3, -0.25) is 4.99 Å². The highest BCUT2D eigenvalue weighted by molar-refractivity contribution is 5.05. The van der Waals surface area contributed by atoms with Gasteiger partial charge in [-0.25, -0.2) is 0 Å². The molecule has 0 spiro atoms. The van der Waals surface area contributed by atoms with E-state index in [1.807, 2.05) is 19.1 Å². The molecule has 1 N–H and O–H groups in total. The fraction of sp³-hybridized carbons (Fsp3) is 0.583. The monoisotopic (exact) mass is 206 g/mol. The Labute approximate surface area is 90.1 Å². The lowest BCUT2D eigenvalue weighted by molar-refractivity contribution is 0.169. The summed E-state index contributed by atoms with van der Waals surface area (Å²) in [5.41, 5.74) is 1.72. The van der Waals surface area contributed by atoms with Crippen molar-refractivity contribution in [1.82, 2.24) is 4.73 Å². The van der Waals surface area contributed by atoms with E-state index in [-0.39, 0.29) is 0 Å². The number of pyridine rings is 1. The molecule has 1 saturated carbocycles. The van der Waals surface area contributed by atoms with E-state index in [1.165, 1.54) is 19.3 Å². The zero-order valence-corrected chi connectivity index (χ0v) is 9.19. The Bertz CT molecular complexity index is 389. The summed E-state index contributed by atoms with van der Waals surface area (Å²) in [6.45, 7) is 1.96. The van der Waals surface area contributed by atoms with Gasteiger partial charge in [0.25, 0.3) is 0 Å². The van der Waals surface area contributed by atoms with Crippen molar-refractivity contribution >= 4 is 0 Å². The standard InChI is InChI=1S/C12H18N2O/c1-10-7-8-12(14(15)9-10)13-11-5-3-2-4-6-11/h7-9,11,15H,2-6H2,1H3. The van der Waals surface area contributed by atoms with Gasteiger partial charge in [-0.15, -0.1) is 0 Å². The van der Waals surface area contributed by atoms with Gasteiger partial charge in [0.05, 0.1) is 6.04 Å². The minimum atomic E-state index is 0.403. The first-order chi connectivity index (χ1) is 7.25. The first-order valence-corrected chi connectivity index (χ1v) is 5.68. The van der Waals surface area contributed by atoms with Crippen LogP contribution in [0.3, 0.4) is 0 Å². The normalized spacial score (nSPS) is 19.4. The van der Waals surface area contributed by atoms with Gasteiger partial charge in [0.15, 0.2) is 5.49 Å². The van der Waals surface area contributed by atoms with Crippen LogP contribution >= 0.6 is 0 Å². The van der Waals surface area contributed by atoms with Gasteiger partial charge >= 0.3 is 0 Å². The zero-order chi connectivity index (χ0) is 10.7. The quantitative estimate of drug-likeness (QED) is 0.703. The van der Waals surface area contributed by atoms with Crippen molar-refractivity contribution in [2.24, 2.45) is 4.99 Å². The molecule has 1 aliphatic carbocycles. The largest absolute Gasteiger partial charge is 0.427 e. The molecule has 0 atom stereocenters. The molecular formula is C12H18N2O. The van der Waals surface area contributed by atoms with Gasteiger partial charge in [0.2, 0.25) is 0 Å². The maximum absolute atomic E-state index is 9.64. The molecule has 0 unspecified atom stereocenters. The summed E-state index contributed by atoms with van der Waals surface area (Å²) < 4.78 is 1.13. The molecule has 15 heavy (non-hydrogen) atoms. The molecule has 0 bridgehead atoms. The number of hydrogen-bond donors (Lipinski definition) is 1. The fourth-order valence-corrected chi connectivity index (χ4v) is 2.08. The average Bonchev–Trinajstić information content (AvgIpc) is 2.24. The molecule has 1 heterocycles. The molecule has 0 aliphatic heterocycles. The molecule has 0 saturated heterocycles. The van der Waals surface area contributed by atoms with Crippen molar-refractivity contribution in [2.45, 2.75) is 45.1 Å². The molecule has 2 rings (SSSR count). The van der Waals surface area contributed by atoms with Crippen LogP contribution in [0.5, 0.6) is 0 Å². The van der Waals surface area contributed by atoms with Gasteiger partial charge in [0, 0.05) is 6.20 Å². The van der Waals surface area contributed by atoms with Gasteiger partial charge in [-0.05, 0) is 31.4 Å². The van der Waals surface area contributed by atoms with E-state index in [9.17, 15) is 5.21 Å². The van der Waals surface area contributed by atoms with Crippen LogP contribution in [-0.4, -0.2) is 16.0 Å². The van der Waals surface area contributed by atoms with Crippen LogP contribution in [0.1, 0.15) is 37.7 Å². The SMILES string of the molecule is Cc1ccc(=NC2CCCCC2)n(O)c1. The highest BCUT2D eigenvalue weighted by Crippen LogP contribution is 2.19. The Balaban J connectivity index is 2.23. The highest BCUT2D eigenvalue weighted by atomic mass is 16.5. The second-order valence-corrected chi connectivity index (χ2v) is 4.33. The Morgan fingerprint density at radius 1 is 1.27 bits per heavy atom. The minimum Gasteiger partial charge on any atom is -0.427 e. The van der Waals surface area contributed by atoms with Crippen LogP contribution in [0.2, 0.25) is 0 Å². The maximum Gasteiger partial charge on any atom is 0.163 e. The molecule has 1 aliphatic rings. The van der Waals surface area contributed by atoms with Gasteiger partial charge in [-0.2, -0.15) is 4.73 Å². The molecular weight excluding hydrogens is 188 g/mol. The van der Waals surface area contributed by atoms with E-state index in [0.29, 0.717) is 11.5 Å². The summed E-state index contributed by atoms with van der Waals surface area (Å²) >= 11 is 0. The second kappa shape index (κ2) is 4.51.